The van der Waals surface area contributed by atoms with Crippen molar-refractivity contribution in [1.29, 1.82) is 0 Å². The second kappa shape index (κ2) is 6.77. The zero-order chi connectivity index (χ0) is 14.5. The maximum absolute atomic E-state index is 8.67. The maximum Gasteiger partial charge on any atom is 0.151 e. The minimum Gasteiger partial charge on any atom is -0.384 e. The number of rotatable bonds is 3. The summed E-state index contributed by atoms with van der Waals surface area (Å²) >= 11 is 3.49. The number of benzene rings is 2. The lowest BCUT2D eigenvalue weighted by Gasteiger charge is -1.99. The highest BCUT2D eigenvalue weighted by Crippen LogP contribution is 2.31. The van der Waals surface area contributed by atoms with Crippen LogP contribution in [-0.4, -0.2) is 16.7 Å². The molecular weight excluding hydrogens is 298 g/mol. The van der Waals surface area contributed by atoms with E-state index < -0.39 is 0 Å². The molecule has 0 saturated heterocycles. The van der Waals surface area contributed by atoms with Crippen molar-refractivity contribution in [1.82, 2.24) is 4.98 Å². The van der Waals surface area contributed by atoms with Crippen molar-refractivity contribution in [2.45, 2.75) is 10.1 Å². The molecule has 0 bridgehead atoms. The van der Waals surface area contributed by atoms with E-state index in [4.69, 9.17) is 5.11 Å². The van der Waals surface area contributed by atoms with Crippen LogP contribution in [0.15, 0.2) is 52.9 Å². The van der Waals surface area contributed by atoms with Gasteiger partial charge in [-0.1, -0.05) is 47.9 Å². The number of thioether (sulfide) groups is 1. The van der Waals surface area contributed by atoms with E-state index in [9.17, 15) is 0 Å². The fraction of sp³-hybridized carbons (Fsp3) is 0.118. The Hall–Kier alpha value is -1.80. The predicted molar refractivity (Wildman–Crippen MR) is 89.6 cm³/mol. The summed E-state index contributed by atoms with van der Waals surface area (Å²) in [6, 6.07) is 16.3. The van der Waals surface area contributed by atoms with Gasteiger partial charge in [0.1, 0.15) is 6.61 Å². The van der Waals surface area contributed by atoms with Crippen molar-refractivity contribution in [2.24, 2.45) is 0 Å². The van der Waals surface area contributed by atoms with E-state index >= 15 is 0 Å². The molecule has 0 aliphatic heterocycles. The molecule has 21 heavy (non-hydrogen) atoms. The number of aliphatic hydroxyl groups is 1. The Bertz CT molecular complexity index is 764. The maximum atomic E-state index is 8.67. The van der Waals surface area contributed by atoms with E-state index in [1.54, 1.807) is 23.1 Å². The van der Waals surface area contributed by atoms with Crippen LogP contribution in [0.3, 0.4) is 0 Å². The fourth-order valence-corrected chi connectivity index (χ4v) is 3.91. The third kappa shape index (κ3) is 3.64. The Morgan fingerprint density at radius 3 is 2.67 bits per heavy atom. The van der Waals surface area contributed by atoms with E-state index in [1.165, 1.54) is 10.3 Å². The van der Waals surface area contributed by atoms with E-state index in [0.717, 1.165) is 21.2 Å². The predicted octanol–water partition coefficient (Wildman–Crippen LogP) is 3.93. The van der Waals surface area contributed by atoms with Gasteiger partial charge in [-0.15, -0.1) is 11.3 Å². The van der Waals surface area contributed by atoms with Gasteiger partial charge in [-0.3, -0.25) is 0 Å². The lowest BCUT2D eigenvalue weighted by molar-refractivity contribution is 0.350. The van der Waals surface area contributed by atoms with Crippen LogP contribution in [-0.2, 0) is 5.75 Å². The minimum absolute atomic E-state index is 0.102. The van der Waals surface area contributed by atoms with Crippen molar-refractivity contribution in [3.05, 3.63) is 59.7 Å². The summed E-state index contributed by atoms with van der Waals surface area (Å²) < 4.78 is 2.33. The number of aromatic nitrogens is 1. The van der Waals surface area contributed by atoms with Gasteiger partial charge in [0.05, 0.1) is 10.2 Å². The first kappa shape index (κ1) is 14.2. The Morgan fingerprint density at radius 1 is 1.10 bits per heavy atom. The molecule has 0 saturated carbocycles. The summed E-state index contributed by atoms with van der Waals surface area (Å²) in [5, 5.41) is 8.67. The third-order valence-electron chi connectivity index (χ3n) is 2.90. The molecule has 3 aromatic rings. The first-order chi connectivity index (χ1) is 10.3. The largest absolute Gasteiger partial charge is 0.384 e. The first-order valence-electron chi connectivity index (χ1n) is 6.52. The Kier molecular flexibility index (Phi) is 4.56. The van der Waals surface area contributed by atoms with Crippen LogP contribution >= 0.6 is 23.1 Å². The summed E-state index contributed by atoms with van der Waals surface area (Å²) in [5.74, 6) is 6.44. The van der Waals surface area contributed by atoms with E-state index in [2.05, 4.69) is 35.0 Å². The van der Waals surface area contributed by atoms with Crippen molar-refractivity contribution in [2.75, 3.05) is 6.61 Å². The molecule has 1 aromatic heterocycles. The average molecular weight is 311 g/mol. The monoisotopic (exact) mass is 311 g/mol. The molecule has 2 aromatic carbocycles. The highest BCUT2D eigenvalue weighted by Gasteiger charge is 2.04. The Balaban J connectivity index is 1.66. The van der Waals surface area contributed by atoms with Gasteiger partial charge in [0, 0.05) is 11.3 Å². The number of nitrogens with zero attached hydrogens (tertiary/aromatic N) is 1. The van der Waals surface area contributed by atoms with Gasteiger partial charge in [0.25, 0.3) is 0 Å². The molecule has 2 nitrogen and oxygen atoms in total. The van der Waals surface area contributed by atoms with E-state index in [0.29, 0.717) is 0 Å². The van der Waals surface area contributed by atoms with Crippen LogP contribution in [0.1, 0.15) is 11.1 Å². The molecule has 0 unspecified atom stereocenters. The summed E-state index contributed by atoms with van der Waals surface area (Å²) in [4.78, 5) is 4.62. The number of thiazole rings is 1. The molecule has 0 aliphatic carbocycles. The normalized spacial score (nSPS) is 10.3. The van der Waals surface area contributed by atoms with E-state index in [-0.39, 0.29) is 6.61 Å². The zero-order valence-electron chi connectivity index (χ0n) is 11.2. The van der Waals surface area contributed by atoms with Gasteiger partial charge in [-0.2, -0.15) is 0 Å². The van der Waals surface area contributed by atoms with Crippen molar-refractivity contribution in [3.8, 4) is 11.8 Å². The van der Waals surface area contributed by atoms with Crippen LogP contribution in [0.4, 0.5) is 0 Å². The summed E-state index contributed by atoms with van der Waals surface area (Å²) in [7, 11) is 0. The quantitative estimate of drug-likeness (QED) is 0.587. The summed E-state index contributed by atoms with van der Waals surface area (Å²) in [5.41, 5.74) is 3.24. The Labute approximate surface area is 131 Å². The second-order valence-corrected chi connectivity index (χ2v) is 6.65. The molecule has 4 heteroatoms. The van der Waals surface area contributed by atoms with Gasteiger partial charge >= 0.3 is 0 Å². The van der Waals surface area contributed by atoms with Crippen LogP contribution in [0.5, 0.6) is 0 Å². The number of hydrogen-bond donors (Lipinski definition) is 1. The SMILES string of the molecule is OCC#Cc1ccc(CSc2nc3ccccc3s2)cc1. The van der Waals surface area contributed by atoms with Gasteiger partial charge in [0.15, 0.2) is 4.34 Å². The molecule has 104 valence electrons. The molecule has 0 amide bonds. The number of hydrogen-bond acceptors (Lipinski definition) is 4. The molecule has 3 rings (SSSR count). The molecule has 0 radical (unpaired) electrons. The topological polar surface area (TPSA) is 33.1 Å². The second-order valence-electron chi connectivity index (χ2n) is 4.39. The van der Waals surface area contributed by atoms with Gasteiger partial charge in [-0.05, 0) is 29.8 Å². The summed E-state index contributed by atoms with van der Waals surface area (Å²) in [6.07, 6.45) is 0. The molecule has 0 spiro atoms. The highest BCUT2D eigenvalue weighted by molar-refractivity contribution is 8.00. The fourth-order valence-electron chi connectivity index (χ4n) is 1.88. The van der Waals surface area contributed by atoms with Crippen molar-refractivity contribution >= 4 is 33.3 Å². The smallest absolute Gasteiger partial charge is 0.151 e. The van der Waals surface area contributed by atoms with Crippen LogP contribution < -0.4 is 0 Å². The molecule has 1 heterocycles. The van der Waals surface area contributed by atoms with Crippen molar-refractivity contribution < 1.29 is 5.11 Å². The standard InChI is InChI=1S/C17H13NOS2/c19-11-3-4-13-7-9-14(10-8-13)12-20-17-18-15-5-1-2-6-16(15)21-17/h1-2,5-10,19H,11-12H2. The number of para-hydroxylation sites is 1. The molecule has 0 atom stereocenters. The lowest BCUT2D eigenvalue weighted by atomic mass is 10.1. The molecule has 1 N–H and O–H groups in total. The zero-order valence-corrected chi connectivity index (χ0v) is 12.9. The van der Waals surface area contributed by atoms with Crippen LogP contribution in [0.2, 0.25) is 0 Å². The lowest BCUT2D eigenvalue weighted by Crippen LogP contribution is -1.82. The van der Waals surface area contributed by atoms with Crippen LogP contribution in [0, 0.1) is 11.8 Å². The molecule has 0 fully saturated rings. The third-order valence-corrected chi connectivity index (χ3v) is 5.15. The number of fused-ring (bicyclic) bond motifs is 1. The Morgan fingerprint density at radius 2 is 1.90 bits per heavy atom. The van der Waals surface area contributed by atoms with E-state index in [1.807, 2.05) is 30.3 Å². The van der Waals surface area contributed by atoms with Crippen LogP contribution in [0.25, 0.3) is 10.2 Å². The first-order valence-corrected chi connectivity index (χ1v) is 8.32. The van der Waals surface area contributed by atoms with Gasteiger partial charge in [0.2, 0.25) is 0 Å². The number of aliphatic hydroxyl groups excluding tert-OH is 1. The minimum atomic E-state index is -0.102. The molecular formula is C17H13NOS2. The van der Waals surface area contributed by atoms with Crippen molar-refractivity contribution in [3.63, 3.8) is 0 Å². The van der Waals surface area contributed by atoms with Gasteiger partial charge in [-0.25, -0.2) is 4.98 Å². The summed E-state index contributed by atoms with van der Waals surface area (Å²) in [6.45, 7) is -0.102. The molecule has 0 aliphatic rings. The highest BCUT2D eigenvalue weighted by atomic mass is 32.2. The average Bonchev–Trinajstić information content (AvgIpc) is 2.95. The van der Waals surface area contributed by atoms with Gasteiger partial charge < -0.3 is 5.11 Å².